The summed E-state index contributed by atoms with van der Waals surface area (Å²) in [6, 6.07) is 7.30. The Morgan fingerprint density at radius 3 is 2.50 bits per heavy atom. The molecule has 1 saturated heterocycles. The molecule has 0 aromatic heterocycles. The van der Waals surface area contributed by atoms with Crippen LogP contribution in [0.4, 0.5) is 18.9 Å². The van der Waals surface area contributed by atoms with E-state index in [0.29, 0.717) is 11.6 Å². The molecule has 0 bridgehead atoms. The molecular weight excluding hydrogens is 241 g/mol. The Hall–Kier alpha value is -1.23. The SMILES string of the molecule is FC(F)(F)CNc1ccccc1C1CCNCC1. The van der Waals surface area contributed by atoms with Crippen LogP contribution in [0.2, 0.25) is 0 Å². The first-order chi connectivity index (χ1) is 8.56. The second kappa shape index (κ2) is 5.61. The Morgan fingerprint density at radius 2 is 1.83 bits per heavy atom. The second-order valence-corrected chi connectivity index (χ2v) is 4.58. The van der Waals surface area contributed by atoms with Crippen LogP contribution < -0.4 is 10.6 Å². The summed E-state index contributed by atoms with van der Waals surface area (Å²) in [6.45, 7) is 0.880. The number of piperidine rings is 1. The average molecular weight is 258 g/mol. The van der Waals surface area contributed by atoms with Crippen LogP contribution in [-0.2, 0) is 0 Å². The summed E-state index contributed by atoms with van der Waals surface area (Å²) in [7, 11) is 0. The molecule has 1 aromatic rings. The van der Waals surface area contributed by atoms with Crippen LogP contribution in [0.25, 0.3) is 0 Å². The van der Waals surface area contributed by atoms with E-state index in [9.17, 15) is 13.2 Å². The minimum absolute atomic E-state index is 0.350. The van der Waals surface area contributed by atoms with Crippen molar-refractivity contribution in [3.05, 3.63) is 29.8 Å². The van der Waals surface area contributed by atoms with Crippen molar-refractivity contribution in [1.29, 1.82) is 0 Å². The number of hydrogen-bond acceptors (Lipinski definition) is 2. The van der Waals surface area contributed by atoms with Gasteiger partial charge in [-0.1, -0.05) is 18.2 Å². The van der Waals surface area contributed by atoms with E-state index in [1.54, 1.807) is 12.1 Å². The van der Waals surface area contributed by atoms with Crippen molar-refractivity contribution >= 4 is 5.69 Å². The van der Waals surface area contributed by atoms with Gasteiger partial charge >= 0.3 is 6.18 Å². The van der Waals surface area contributed by atoms with Crippen LogP contribution in [0.1, 0.15) is 24.3 Å². The summed E-state index contributed by atoms with van der Waals surface area (Å²) in [4.78, 5) is 0. The number of rotatable bonds is 3. The first-order valence-corrected chi connectivity index (χ1v) is 6.16. The number of para-hydroxylation sites is 1. The summed E-state index contributed by atoms with van der Waals surface area (Å²) < 4.78 is 36.7. The number of halogens is 3. The molecule has 100 valence electrons. The molecule has 1 aliphatic rings. The highest BCUT2D eigenvalue weighted by Gasteiger charge is 2.27. The molecule has 0 aliphatic carbocycles. The van der Waals surface area contributed by atoms with Gasteiger partial charge in [0.1, 0.15) is 6.54 Å². The molecule has 2 N–H and O–H groups in total. The van der Waals surface area contributed by atoms with Gasteiger partial charge in [0.15, 0.2) is 0 Å². The predicted molar refractivity (Wildman–Crippen MR) is 65.8 cm³/mol. The molecule has 0 saturated carbocycles. The first-order valence-electron chi connectivity index (χ1n) is 6.16. The summed E-state index contributed by atoms with van der Waals surface area (Å²) in [5.41, 5.74) is 1.62. The Bertz CT molecular complexity index is 384. The molecule has 1 aliphatic heterocycles. The van der Waals surface area contributed by atoms with Crippen molar-refractivity contribution in [1.82, 2.24) is 5.32 Å². The van der Waals surface area contributed by atoms with Gasteiger partial charge in [-0.2, -0.15) is 13.2 Å². The zero-order chi connectivity index (χ0) is 13.0. The van der Waals surface area contributed by atoms with Crippen LogP contribution in [-0.4, -0.2) is 25.8 Å². The van der Waals surface area contributed by atoms with Gasteiger partial charge in [-0.3, -0.25) is 0 Å². The number of benzene rings is 1. The van der Waals surface area contributed by atoms with Crippen molar-refractivity contribution in [2.24, 2.45) is 0 Å². The van der Waals surface area contributed by atoms with E-state index in [4.69, 9.17) is 0 Å². The lowest BCUT2D eigenvalue weighted by Crippen LogP contribution is -2.27. The summed E-state index contributed by atoms with van der Waals surface area (Å²) in [5, 5.41) is 5.76. The monoisotopic (exact) mass is 258 g/mol. The molecule has 0 spiro atoms. The van der Waals surface area contributed by atoms with Crippen LogP contribution in [0, 0.1) is 0 Å². The van der Waals surface area contributed by atoms with E-state index in [-0.39, 0.29) is 0 Å². The fourth-order valence-corrected chi connectivity index (χ4v) is 2.34. The maximum atomic E-state index is 12.2. The third kappa shape index (κ3) is 3.63. The van der Waals surface area contributed by atoms with Gasteiger partial charge in [0, 0.05) is 5.69 Å². The standard InChI is InChI=1S/C13H17F3N2/c14-13(15,16)9-18-12-4-2-1-3-11(12)10-5-7-17-8-6-10/h1-4,10,17-18H,5-9H2. The molecule has 0 radical (unpaired) electrons. The maximum Gasteiger partial charge on any atom is 0.405 e. The minimum atomic E-state index is -4.18. The van der Waals surface area contributed by atoms with E-state index in [1.807, 2.05) is 12.1 Å². The highest BCUT2D eigenvalue weighted by atomic mass is 19.4. The van der Waals surface area contributed by atoms with Crippen molar-refractivity contribution in [2.75, 3.05) is 25.0 Å². The summed E-state index contributed by atoms with van der Waals surface area (Å²) in [6.07, 6.45) is -2.23. The maximum absolute atomic E-state index is 12.2. The lowest BCUT2D eigenvalue weighted by Gasteiger charge is -2.25. The molecular formula is C13H17F3N2. The molecule has 1 heterocycles. The molecule has 5 heteroatoms. The van der Waals surface area contributed by atoms with E-state index in [2.05, 4.69) is 10.6 Å². The predicted octanol–water partition coefficient (Wildman–Crippen LogP) is 3.13. The number of anilines is 1. The Kier molecular flexibility index (Phi) is 4.11. The quantitative estimate of drug-likeness (QED) is 0.870. The van der Waals surface area contributed by atoms with Gasteiger partial charge in [-0.25, -0.2) is 0 Å². The molecule has 0 atom stereocenters. The number of nitrogens with one attached hydrogen (secondary N) is 2. The zero-order valence-electron chi connectivity index (χ0n) is 10.1. The normalized spacial score (nSPS) is 17.7. The average Bonchev–Trinajstić information content (AvgIpc) is 2.37. The van der Waals surface area contributed by atoms with Crippen molar-refractivity contribution in [3.63, 3.8) is 0 Å². The van der Waals surface area contributed by atoms with Gasteiger partial charge in [0.25, 0.3) is 0 Å². The smallest absolute Gasteiger partial charge is 0.376 e. The molecule has 1 fully saturated rings. The molecule has 1 aromatic carbocycles. The Morgan fingerprint density at radius 1 is 1.17 bits per heavy atom. The van der Waals surface area contributed by atoms with Gasteiger partial charge in [-0.15, -0.1) is 0 Å². The number of hydrogen-bond donors (Lipinski definition) is 2. The van der Waals surface area contributed by atoms with Crippen molar-refractivity contribution in [2.45, 2.75) is 24.9 Å². The third-order valence-corrected chi connectivity index (χ3v) is 3.22. The first kappa shape index (κ1) is 13.2. The van der Waals surface area contributed by atoms with Gasteiger partial charge in [0.2, 0.25) is 0 Å². The second-order valence-electron chi connectivity index (χ2n) is 4.58. The topological polar surface area (TPSA) is 24.1 Å². The Labute approximate surface area is 105 Å². The zero-order valence-corrected chi connectivity index (χ0v) is 10.1. The van der Waals surface area contributed by atoms with Crippen LogP contribution >= 0.6 is 0 Å². The summed E-state index contributed by atoms with van der Waals surface area (Å²) >= 11 is 0. The minimum Gasteiger partial charge on any atom is -0.376 e. The van der Waals surface area contributed by atoms with Crippen LogP contribution in [0.3, 0.4) is 0 Å². The molecule has 18 heavy (non-hydrogen) atoms. The van der Waals surface area contributed by atoms with E-state index in [0.717, 1.165) is 31.5 Å². The van der Waals surface area contributed by atoms with Crippen molar-refractivity contribution < 1.29 is 13.2 Å². The molecule has 0 unspecified atom stereocenters. The van der Waals surface area contributed by atoms with Crippen LogP contribution in [0.5, 0.6) is 0 Å². The van der Waals surface area contributed by atoms with Gasteiger partial charge in [0.05, 0.1) is 0 Å². The van der Waals surface area contributed by atoms with Crippen LogP contribution in [0.15, 0.2) is 24.3 Å². The fourth-order valence-electron chi connectivity index (χ4n) is 2.34. The third-order valence-electron chi connectivity index (χ3n) is 3.22. The van der Waals surface area contributed by atoms with E-state index < -0.39 is 12.7 Å². The molecule has 0 amide bonds. The summed E-state index contributed by atoms with van der Waals surface area (Å²) in [5.74, 6) is 0.350. The largest absolute Gasteiger partial charge is 0.405 e. The molecule has 2 nitrogen and oxygen atoms in total. The van der Waals surface area contributed by atoms with Gasteiger partial charge < -0.3 is 10.6 Å². The highest BCUT2D eigenvalue weighted by Crippen LogP contribution is 2.31. The number of alkyl halides is 3. The highest BCUT2D eigenvalue weighted by molar-refractivity contribution is 5.53. The molecule has 2 rings (SSSR count). The van der Waals surface area contributed by atoms with Gasteiger partial charge in [-0.05, 0) is 43.5 Å². The van der Waals surface area contributed by atoms with E-state index >= 15 is 0 Å². The van der Waals surface area contributed by atoms with Crippen molar-refractivity contribution in [3.8, 4) is 0 Å². The fraction of sp³-hybridized carbons (Fsp3) is 0.538. The lowest BCUT2D eigenvalue weighted by atomic mass is 9.89. The lowest BCUT2D eigenvalue weighted by molar-refractivity contribution is -0.115. The van der Waals surface area contributed by atoms with E-state index in [1.165, 1.54) is 0 Å². The Balaban J connectivity index is 2.09.